The van der Waals surface area contributed by atoms with E-state index in [1.807, 2.05) is 34.6 Å². The van der Waals surface area contributed by atoms with E-state index in [0.717, 1.165) is 23.3 Å². The van der Waals surface area contributed by atoms with E-state index in [9.17, 15) is 8.42 Å². The maximum atomic E-state index is 11.8. The predicted octanol–water partition coefficient (Wildman–Crippen LogP) is 2.29. The molecule has 1 fully saturated rings. The summed E-state index contributed by atoms with van der Waals surface area (Å²) in [5.74, 6) is 0.954. The van der Waals surface area contributed by atoms with Crippen LogP contribution in [0, 0.1) is 11.8 Å². The maximum absolute atomic E-state index is 11.8. The molecule has 0 bridgehead atoms. The smallest absolute Gasteiger partial charge is 0.234 e. The predicted molar refractivity (Wildman–Crippen MR) is 70.9 cm³/mol. The van der Waals surface area contributed by atoms with E-state index in [0.29, 0.717) is 4.91 Å². The number of primary sulfonamides is 1. The lowest BCUT2D eigenvalue weighted by Gasteiger charge is -2.29. The van der Waals surface area contributed by atoms with Crippen LogP contribution in [0.3, 0.4) is 0 Å². The molecule has 2 atom stereocenters. The molecule has 0 saturated carbocycles. The van der Waals surface area contributed by atoms with E-state index < -0.39 is 10.0 Å². The Morgan fingerprint density at radius 3 is 2.33 bits per heavy atom. The van der Waals surface area contributed by atoms with E-state index >= 15 is 0 Å². The molecular weight excluding hydrogens is 250 g/mol. The second-order valence-corrected chi connectivity index (χ2v) is 7.51. The van der Waals surface area contributed by atoms with Crippen LogP contribution in [0.15, 0.2) is 21.8 Å². The lowest BCUT2D eigenvalue weighted by molar-refractivity contribution is 0.0751. The van der Waals surface area contributed by atoms with Crippen LogP contribution in [0.25, 0.3) is 0 Å². The molecule has 5 heteroatoms. The van der Waals surface area contributed by atoms with Gasteiger partial charge in [0.1, 0.15) is 11.4 Å². The zero-order valence-corrected chi connectivity index (χ0v) is 12.4. The highest BCUT2D eigenvalue weighted by Gasteiger charge is 2.46. The van der Waals surface area contributed by atoms with Gasteiger partial charge in [-0.3, -0.25) is 0 Å². The third-order valence-electron chi connectivity index (χ3n) is 4.06. The number of rotatable bonds is 1. The van der Waals surface area contributed by atoms with Gasteiger partial charge in [0.2, 0.25) is 10.0 Å². The molecule has 0 aromatic heterocycles. The third kappa shape index (κ3) is 1.99. The van der Waals surface area contributed by atoms with Crippen molar-refractivity contribution in [1.82, 2.24) is 0 Å². The number of fused-ring (bicyclic) bond motifs is 1. The zero-order chi connectivity index (χ0) is 13.9. The van der Waals surface area contributed by atoms with Crippen molar-refractivity contribution in [2.75, 3.05) is 0 Å². The first kappa shape index (κ1) is 13.6. The van der Waals surface area contributed by atoms with Crippen molar-refractivity contribution in [3.63, 3.8) is 0 Å². The average Bonchev–Trinajstić information content (AvgIpc) is 2.49. The molecule has 0 aromatic rings. The van der Waals surface area contributed by atoms with Crippen molar-refractivity contribution in [2.24, 2.45) is 17.0 Å². The van der Waals surface area contributed by atoms with Crippen LogP contribution in [0.1, 0.15) is 41.0 Å². The molecule has 2 aliphatic rings. The first-order chi connectivity index (χ1) is 8.04. The molecule has 2 N–H and O–H groups in total. The largest absolute Gasteiger partial charge is 0.492 e. The average molecular weight is 271 g/mol. The van der Waals surface area contributed by atoms with Crippen LogP contribution in [0.4, 0.5) is 0 Å². The summed E-state index contributed by atoms with van der Waals surface area (Å²) in [5.41, 5.74) is 1.44. The summed E-state index contributed by atoms with van der Waals surface area (Å²) in [6.45, 7) is 9.71. The standard InChI is InChI=1S/C13H21NO3S/c1-7-8(2)12(18(14,15)16)9(3)10-6-13(4,5)17-11(7)10/h9-10H,6H2,1-5H3,(H2,14,15,16). The Balaban J connectivity index is 2.59. The van der Waals surface area contributed by atoms with Crippen molar-refractivity contribution in [2.45, 2.75) is 46.6 Å². The fourth-order valence-electron chi connectivity index (χ4n) is 3.16. The molecule has 1 heterocycles. The lowest BCUT2D eigenvalue weighted by Crippen LogP contribution is -2.29. The lowest BCUT2D eigenvalue weighted by atomic mass is 9.79. The number of sulfonamides is 1. The molecule has 18 heavy (non-hydrogen) atoms. The summed E-state index contributed by atoms with van der Waals surface area (Å²) in [6.07, 6.45) is 0.827. The van der Waals surface area contributed by atoms with Gasteiger partial charge in [0.05, 0.1) is 4.91 Å². The molecule has 0 spiro atoms. The van der Waals surface area contributed by atoms with E-state index in [1.165, 1.54) is 0 Å². The second kappa shape index (κ2) is 3.84. The summed E-state index contributed by atoms with van der Waals surface area (Å²) < 4.78 is 29.5. The summed E-state index contributed by atoms with van der Waals surface area (Å²) in [5, 5.41) is 5.35. The summed E-state index contributed by atoms with van der Waals surface area (Å²) in [4.78, 5) is 0.370. The van der Waals surface area contributed by atoms with Gasteiger partial charge in [-0.25, -0.2) is 13.6 Å². The number of nitrogens with two attached hydrogens (primary N) is 1. The molecule has 2 unspecified atom stereocenters. The van der Waals surface area contributed by atoms with Gasteiger partial charge in [-0.1, -0.05) is 6.92 Å². The first-order valence-electron chi connectivity index (χ1n) is 6.18. The minimum atomic E-state index is -3.64. The molecule has 4 nitrogen and oxygen atoms in total. The van der Waals surface area contributed by atoms with E-state index in [2.05, 4.69) is 0 Å². The maximum Gasteiger partial charge on any atom is 0.234 e. The second-order valence-electron chi connectivity index (χ2n) is 5.98. The Bertz CT molecular complexity index is 555. The Kier molecular flexibility index (Phi) is 2.91. The third-order valence-corrected chi connectivity index (χ3v) is 5.35. The van der Waals surface area contributed by atoms with E-state index in [4.69, 9.17) is 9.88 Å². The number of allylic oxidation sites excluding steroid dienone is 4. The molecule has 2 rings (SSSR count). The van der Waals surface area contributed by atoms with Crippen LogP contribution in [-0.2, 0) is 14.8 Å². The Morgan fingerprint density at radius 1 is 1.28 bits per heavy atom. The van der Waals surface area contributed by atoms with Crippen molar-refractivity contribution < 1.29 is 13.2 Å². The molecule has 1 saturated heterocycles. The van der Waals surface area contributed by atoms with Gasteiger partial charge in [-0.15, -0.1) is 0 Å². The minimum Gasteiger partial charge on any atom is -0.492 e. The number of ether oxygens (including phenoxy) is 1. The van der Waals surface area contributed by atoms with Crippen LogP contribution in [0.2, 0.25) is 0 Å². The SMILES string of the molecule is CC1=C2OC(C)(C)CC2C(C)C(S(N)(=O)=O)=C1C. The van der Waals surface area contributed by atoms with E-state index in [1.54, 1.807) is 0 Å². The summed E-state index contributed by atoms with van der Waals surface area (Å²) in [6, 6.07) is 0. The topological polar surface area (TPSA) is 69.4 Å². The van der Waals surface area contributed by atoms with Crippen LogP contribution >= 0.6 is 0 Å². The Hall–Kier alpha value is -0.810. The van der Waals surface area contributed by atoms with Gasteiger partial charge in [0.25, 0.3) is 0 Å². The van der Waals surface area contributed by atoms with Crippen LogP contribution in [0.5, 0.6) is 0 Å². The fourth-order valence-corrected chi connectivity index (χ4v) is 4.42. The van der Waals surface area contributed by atoms with Crippen LogP contribution in [-0.4, -0.2) is 14.0 Å². The highest BCUT2D eigenvalue weighted by Crippen LogP contribution is 2.50. The molecule has 1 aliphatic heterocycles. The van der Waals surface area contributed by atoms with Crippen molar-refractivity contribution in [1.29, 1.82) is 0 Å². The number of hydrogen-bond donors (Lipinski definition) is 1. The van der Waals surface area contributed by atoms with Crippen molar-refractivity contribution in [3.05, 3.63) is 21.8 Å². The highest BCUT2D eigenvalue weighted by molar-refractivity contribution is 7.93. The van der Waals surface area contributed by atoms with Crippen molar-refractivity contribution >= 4 is 10.0 Å². The van der Waals surface area contributed by atoms with Gasteiger partial charge >= 0.3 is 0 Å². The van der Waals surface area contributed by atoms with Crippen molar-refractivity contribution in [3.8, 4) is 0 Å². The normalized spacial score (nSPS) is 31.4. The first-order valence-corrected chi connectivity index (χ1v) is 7.73. The highest BCUT2D eigenvalue weighted by atomic mass is 32.2. The molecule has 0 amide bonds. The molecule has 1 aliphatic carbocycles. The van der Waals surface area contributed by atoms with Gasteiger partial charge in [-0.2, -0.15) is 0 Å². The van der Waals surface area contributed by atoms with E-state index in [-0.39, 0.29) is 17.4 Å². The molecule has 0 aromatic carbocycles. The van der Waals surface area contributed by atoms with Gasteiger partial charge in [0, 0.05) is 11.8 Å². The monoisotopic (exact) mass is 271 g/mol. The van der Waals surface area contributed by atoms with Crippen LogP contribution < -0.4 is 5.14 Å². The van der Waals surface area contributed by atoms with Gasteiger partial charge in [0.15, 0.2) is 0 Å². The summed E-state index contributed by atoms with van der Waals surface area (Å²) in [7, 11) is -3.64. The number of hydrogen-bond acceptors (Lipinski definition) is 3. The molecule has 102 valence electrons. The van der Waals surface area contributed by atoms with Gasteiger partial charge in [-0.05, 0) is 45.3 Å². The Morgan fingerprint density at radius 2 is 1.83 bits per heavy atom. The Labute approximate surface area is 109 Å². The quantitative estimate of drug-likeness (QED) is 0.795. The minimum absolute atomic E-state index is 0.111. The fraction of sp³-hybridized carbons (Fsp3) is 0.692. The molecular formula is C13H21NO3S. The zero-order valence-electron chi connectivity index (χ0n) is 11.6. The van der Waals surface area contributed by atoms with Gasteiger partial charge < -0.3 is 4.74 Å². The summed E-state index contributed by atoms with van der Waals surface area (Å²) >= 11 is 0. The molecule has 0 radical (unpaired) electrons.